The molecule has 0 fully saturated rings. The molecule has 5 nitrogen and oxygen atoms in total. The Morgan fingerprint density at radius 3 is 2.47 bits per heavy atom. The van der Waals surface area contributed by atoms with Gasteiger partial charge in [-0.1, -0.05) is 54.1 Å². The lowest BCUT2D eigenvalue weighted by molar-refractivity contribution is 0.883. The van der Waals surface area contributed by atoms with E-state index in [4.69, 9.17) is 4.98 Å². The van der Waals surface area contributed by atoms with E-state index in [1.807, 2.05) is 80.4 Å². The second-order valence-corrected chi connectivity index (χ2v) is 7.47. The Labute approximate surface area is 176 Å². The first-order chi connectivity index (χ1) is 14.5. The van der Waals surface area contributed by atoms with Crippen molar-refractivity contribution in [3.8, 4) is 0 Å². The number of pyridine rings is 1. The van der Waals surface area contributed by atoms with E-state index in [0.717, 1.165) is 16.8 Å². The number of aromatic nitrogens is 2. The molecule has 0 atom stereocenters. The maximum Gasteiger partial charge on any atom is 0.268 e. The third-order valence-electron chi connectivity index (χ3n) is 5.07. The maximum absolute atomic E-state index is 13.3. The monoisotopic (exact) mass is 396 g/mol. The Balaban J connectivity index is 1.83. The van der Waals surface area contributed by atoms with E-state index in [1.165, 1.54) is 5.56 Å². The largest absolute Gasteiger partial charge is 0.355 e. The lowest BCUT2D eigenvalue weighted by Crippen LogP contribution is -2.27. The summed E-state index contributed by atoms with van der Waals surface area (Å²) in [5.41, 5.74) is 5.06. The first kappa shape index (κ1) is 19.6. The number of hydrogen-bond acceptors (Lipinski definition) is 4. The van der Waals surface area contributed by atoms with Crippen molar-refractivity contribution in [3.05, 3.63) is 106 Å². The van der Waals surface area contributed by atoms with E-state index >= 15 is 0 Å². The van der Waals surface area contributed by atoms with Gasteiger partial charge in [0, 0.05) is 26.0 Å². The lowest BCUT2D eigenvalue weighted by Gasteiger charge is -2.21. The molecule has 0 amide bonds. The third-order valence-corrected chi connectivity index (χ3v) is 5.07. The molecule has 0 aliphatic carbocycles. The third kappa shape index (κ3) is 4.01. The van der Waals surface area contributed by atoms with E-state index in [2.05, 4.69) is 17.1 Å². The second kappa shape index (κ2) is 8.33. The van der Waals surface area contributed by atoms with Gasteiger partial charge in [0.05, 0.1) is 5.69 Å². The van der Waals surface area contributed by atoms with Gasteiger partial charge in [-0.25, -0.2) is 4.98 Å². The van der Waals surface area contributed by atoms with Gasteiger partial charge in [0.1, 0.15) is 17.0 Å². The van der Waals surface area contributed by atoms with Crippen molar-refractivity contribution in [2.24, 2.45) is 4.99 Å². The molecular weight excluding hydrogens is 372 g/mol. The molecule has 0 aliphatic heterocycles. The normalized spacial score (nSPS) is 11.3. The van der Waals surface area contributed by atoms with Crippen molar-refractivity contribution in [1.29, 1.82) is 0 Å². The maximum atomic E-state index is 13.3. The zero-order valence-electron chi connectivity index (χ0n) is 17.4. The van der Waals surface area contributed by atoms with E-state index < -0.39 is 0 Å². The molecule has 0 N–H and O–H groups in total. The highest BCUT2D eigenvalue weighted by Crippen LogP contribution is 2.19. The zero-order chi connectivity index (χ0) is 21.1. The summed E-state index contributed by atoms with van der Waals surface area (Å²) in [6.07, 6.45) is 3.38. The first-order valence-electron chi connectivity index (χ1n) is 9.91. The van der Waals surface area contributed by atoms with Crippen molar-refractivity contribution in [1.82, 2.24) is 9.38 Å². The Morgan fingerprint density at radius 1 is 1.00 bits per heavy atom. The van der Waals surface area contributed by atoms with Gasteiger partial charge in [0.2, 0.25) is 0 Å². The van der Waals surface area contributed by atoms with Gasteiger partial charge in [-0.05, 0) is 43.2 Å². The standard InChI is InChI=1S/C25H24N4O/c1-18-11-13-21(14-12-18)26-16-22-24(28(3)17-20-9-5-4-6-10-20)27-23-19(2)8-7-15-29(23)25(22)30/h4-16H,17H2,1-3H3. The number of anilines is 1. The van der Waals surface area contributed by atoms with Crippen LogP contribution in [0.3, 0.4) is 0 Å². The fraction of sp³-hybridized carbons (Fsp3) is 0.160. The van der Waals surface area contributed by atoms with Gasteiger partial charge >= 0.3 is 0 Å². The second-order valence-electron chi connectivity index (χ2n) is 7.47. The summed E-state index contributed by atoms with van der Waals surface area (Å²) in [6.45, 7) is 4.63. The van der Waals surface area contributed by atoms with Gasteiger partial charge < -0.3 is 4.90 Å². The molecule has 4 rings (SSSR count). The average molecular weight is 396 g/mol. The number of rotatable bonds is 5. The van der Waals surface area contributed by atoms with Crippen molar-refractivity contribution in [3.63, 3.8) is 0 Å². The minimum atomic E-state index is -0.130. The van der Waals surface area contributed by atoms with Gasteiger partial charge in [0.25, 0.3) is 5.56 Å². The van der Waals surface area contributed by atoms with Gasteiger partial charge in [-0.15, -0.1) is 0 Å². The molecule has 0 saturated heterocycles. The van der Waals surface area contributed by atoms with Crippen LogP contribution in [0.1, 0.15) is 22.3 Å². The number of aryl methyl sites for hydroxylation is 2. The predicted octanol–water partition coefficient (Wildman–Crippen LogP) is 4.70. The van der Waals surface area contributed by atoms with E-state index in [-0.39, 0.29) is 5.56 Å². The molecule has 0 radical (unpaired) electrons. The van der Waals surface area contributed by atoms with Crippen molar-refractivity contribution in [2.75, 3.05) is 11.9 Å². The Hall–Kier alpha value is -3.73. The molecule has 0 saturated carbocycles. The highest BCUT2D eigenvalue weighted by molar-refractivity contribution is 5.88. The van der Waals surface area contributed by atoms with Crippen LogP contribution in [0.5, 0.6) is 0 Å². The molecule has 0 aliphatic rings. The van der Waals surface area contributed by atoms with Crippen LogP contribution in [0, 0.1) is 13.8 Å². The molecule has 5 heteroatoms. The smallest absolute Gasteiger partial charge is 0.268 e. The number of hydrogen-bond donors (Lipinski definition) is 0. The molecule has 4 aromatic rings. The van der Waals surface area contributed by atoms with E-state index in [0.29, 0.717) is 23.6 Å². The number of fused-ring (bicyclic) bond motifs is 1. The fourth-order valence-corrected chi connectivity index (χ4v) is 3.41. The summed E-state index contributed by atoms with van der Waals surface area (Å²) in [7, 11) is 1.95. The van der Waals surface area contributed by atoms with Crippen molar-refractivity contribution < 1.29 is 0 Å². The van der Waals surface area contributed by atoms with Crippen LogP contribution in [0.4, 0.5) is 11.5 Å². The van der Waals surface area contributed by atoms with Crippen LogP contribution in [0.2, 0.25) is 0 Å². The minimum absolute atomic E-state index is 0.130. The molecule has 0 unspecified atom stereocenters. The minimum Gasteiger partial charge on any atom is -0.355 e. The summed E-state index contributed by atoms with van der Waals surface area (Å²) in [5.74, 6) is 0.619. The molecular formula is C25H24N4O. The number of aliphatic imine (C=N–C) groups is 1. The lowest BCUT2D eigenvalue weighted by atomic mass is 10.2. The van der Waals surface area contributed by atoms with E-state index in [1.54, 1.807) is 16.8 Å². The SMILES string of the molecule is Cc1ccc(N=Cc2c(N(C)Cc3ccccc3)nc3c(C)cccn3c2=O)cc1. The van der Waals surface area contributed by atoms with Gasteiger partial charge in [-0.3, -0.25) is 14.2 Å². The Morgan fingerprint density at radius 2 is 1.73 bits per heavy atom. The quantitative estimate of drug-likeness (QED) is 0.460. The van der Waals surface area contributed by atoms with Crippen LogP contribution in [-0.2, 0) is 6.54 Å². The van der Waals surface area contributed by atoms with Crippen molar-refractivity contribution in [2.45, 2.75) is 20.4 Å². The molecule has 150 valence electrons. The molecule has 2 aromatic carbocycles. The van der Waals surface area contributed by atoms with E-state index in [9.17, 15) is 4.79 Å². The molecule has 2 heterocycles. The van der Waals surface area contributed by atoms with Crippen LogP contribution < -0.4 is 10.5 Å². The van der Waals surface area contributed by atoms with Crippen LogP contribution in [0.15, 0.2) is 82.7 Å². The number of nitrogens with zero attached hydrogens (tertiary/aromatic N) is 4. The highest BCUT2D eigenvalue weighted by atomic mass is 16.1. The topological polar surface area (TPSA) is 50.0 Å². The van der Waals surface area contributed by atoms with Gasteiger partial charge in [0.15, 0.2) is 0 Å². The Bertz CT molecular complexity index is 1260. The van der Waals surface area contributed by atoms with Crippen LogP contribution in [0.25, 0.3) is 5.65 Å². The summed E-state index contributed by atoms with van der Waals surface area (Å²) in [5, 5.41) is 0. The average Bonchev–Trinajstić information content (AvgIpc) is 2.75. The molecule has 30 heavy (non-hydrogen) atoms. The van der Waals surface area contributed by atoms with Gasteiger partial charge in [-0.2, -0.15) is 0 Å². The summed E-state index contributed by atoms with van der Waals surface area (Å²) in [6, 6.07) is 21.9. The zero-order valence-corrected chi connectivity index (χ0v) is 17.4. The fourth-order valence-electron chi connectivity index (χ4n) is 3.41. The molecule has 0 bridgehead atoms. The molecule has 2 aromatic heterocycles. The van der Waals surface area contributed by atoms with Crippen LogP contribution >= 0.6 is 0 Å². The highest BCUT2D eigenvalue weighted by Gasteiger charge is 2.16. The molecule has 0 spiro atoms. The van der Waals surface area contributed by atoms with Crippen LogP contribution in [-0.4, -0.2) is 22.6 Å². The number of benzene rings is 2. The summed E-state index contributed by atoms with van der Waals surface area (Å²) >= 11 is 0. The predicted molar refractivity (Wildman–Crippen MR) is 123 cm³/mol. The summed E-state index contributed by atoms with van der Waals surface area (Å²) < 4.78 is 1.59. The summed E-state index contributed by atoms with van der Waals surface area (Å²) in [4.78, 5) is 24.7. The Kier molecular flexibility index (Phi) is 5.44. The van der Waals surface area contributed by atoms with Crippen molar-refractivity contribution >= 4 is 23.4 Å². The first-order valence-corrected chi connectivity index (χ1v) is 9.91.